The predicted molar refractivity (Wildman–Crippen MR) is 98.9 cm³/mol. The van der Waals surface area contributed by atoms with Gasteiger partial charge < -0.3 is 0 Å². The highest BCUT2D eigenvalue weighted by Gasteiger charge is 2.25. The highest BCUT2D eigenvalue weighted by Crippen LogP contribution is 2.37. The van der Waals surface area contributed by atoms with E-state index in [2.05, 4.69) is 4.98 Å². The van der Waals surface area contributed by atoms with Crippen molar-refractivity contribution < 1.29 is 21.6 Å². The first kappa shape index (κ1) is 18.2. The lowest BCUT2D eigenvalue weighted by Crippen LogP contribution is -2.06. The number of nitrogens with zero attached hydrogens (tertiary/aromatic N) is 1. The van der Waals surface area contributed by atoms with Crippen LogP contribution >= 0.6 is 0 Å². The molecule has 140 valence electrons. The fourth-order valence-electron chi connectivity index (χ4n) is 3.08. The lowest BCUT2D eigenvalue weighted by atomic mass is 10.0. The number of rotatable bonds is 3. The van der Waals surface area contributed by atoms with Gasteiger partial charge in [-0.15, -0.1) is 0 Å². The van der Waals surface area contributed by atoms with Crippen LogP contribution in [0.4, 0.5) is 13.2 Å². The van der Waals surface area contributed by atoms with Gasteiger partial charge in [-0.2, -0.15) is 0 Å². The predicted octanol–water partition coefficient (Wildman–Crippen LogP) is 5.15. The zero-order valence-electron chi connectivity index (χ0n) is 14.2. The maximum Gasteiger partial charge on any atom is 0.208 e. The van der Waals surface area contributed by atoms with Crippen molar-refractivity contribution in [2.24, 2.45) is 0 Å². The van der Waals surface area contributed by atoms with E-state index >= 15 is 0 Å². The molecule has 3 nitrogen and oxygen atoms in total. The number of aromatic nitrogens is 1. The Morgan fingerprint density at radius 3 is 2.18 bits per heavy atom. The molecule has 1 aromatic heterocycles. The number of fused-ring (bicyclic) bond motifs is 1. The van der Waals surface area contributed by atoms with E-state index in [4.69, 9.17) is 0 Å². The quantitative estimate of drug-likeness (QED) is 0.479. The van der Waals surface area contributed by atoms with E-state index in [0.717, 1.165) is 24.4 Å². The summed E-state index contributed by atoms with van der Waals surface area (Å²) in [6.07, 6.45) is 1.02. The summed E-state index contributed by atoms with van der Waals surface area (Å²) < 4.78 is 68.1. The van der Waals surface area contributed by atoms with Gasteiger partial charge in [0.2, 0.25) is 9.84 Å². The van der Waals surface area contributed by atoms with E-state index in [0.29, 0.717) is 0 Å². The van der Waals surface area contributed by atoms with Crippen molar-refractivity contribution in [1.29, 1.82) is 0 Å². The monoisotopic (exact) mass is 399 g/mol. The van der Waals surface area contributed by atoms with E-state index < -0.39 is 27.3 Å². The summed E-state index contributed by atoms with van der Waals surface area (Å²) in [5.41, 5.74) is 0.307. The normalized spacial score (nSPS) is 11.7. The van der Waals surface area contributed by atoms with Gasteiger partial charge in [0.15, 0.2) is 0 Å². The molecule has 28 heavy (non-hydrogen) atoms. The summed E-state index contributed by atoms with van der Waals surface area (Å²) in [5, 5.41) is 0.211. The van der Waals surface area contributed by atoms with E-state index in [1.54, 1.807) is 0 Å². The standard InChI is InChI=1S/C21H12F3NO2S/c22-14-5-1-4-13(10-14)20-17-8-3-9-18(24)21(17)25-12-19(20)28(26,27)16-7-2-6-15(23)11-16/h1-12H. The molecule has 0 unspecified atom stereocenters. The number of para-hydroxylation sites is 1. The molecule has 0 radical (unpaired) electrons. The second-order valence-corrected chi connectivity index (χ2v) is 8.02. The molecule has 0 atom stereocenters. The molecular weight excluding hydrogens is 387 g/mol. The summed E-state index contributed by atoms with van der Waals surface area (Å²) in [7, 11) is -4.20. The Balaban J connectivity index is 2.11. The van der Waals surface area contributed by atoms with E-state index in [1.165, 1.54) is 48.5 Å². The molecule has 4 rings (SSSR count). The van der Waals surface area contributed by atoms with Crippen molar-refractivity contribution in [3.05, 3.63) is 90.4 Å². The minimum absolute atomic E-state index is 0.0417. The fourth-order valence-corrected chi connectivity index (χ4v) is 4.54. The second-order valence-electron chi connectivity index (χ2n) is 6.10. The van der Waals surface area contributed by atoms with Gasteiger partial charge in [-0.25, -0.2) is 21.6 Å². The second kappa shape index (κ2) is 6.76. The van der Waals surface area contributed by atoms with Gasteiger partial charge in [0.25, 0.3) is 0 Å². The van der Waals surface area contributed by atoms with Gasteiger partial charge in [0.1, 0.15) is 23.0 Å². The van der Waals surface area contributed by atoms with Gasteiger partial charge in [-0.05, 0) is 42.0 Å². The van der Waals surface area contributed by atoms with Crippen LogP contribution in [0.25, 0.3) is 22.0 Å². The zero-order chi connectivity index (χ0) is 19.9. The van der Waals surface area contributed by atoms with Crippen molar-refractivity contribution in [1.82, 2.24) is 4.98 Å². The fraction of sp³-hybridized carbons (Fsp3) is 0. The maximum atomic E-state index is 14.2. The van der Waals surface area contributed by atoms with Gasteiger partial charge in [-0.3, -0.25) is 4.98 Å². The van der Waals surface area contributed by atoms with Crippen molar-refractivity contribution >= 4 is 20.7 Å². The molecule has 4 aromatic rings. The van der Waals surface area contributed by atoms with Crippen molar-refractivity contribution in [2.45, 2.75) is 9.79 Å². The molecule has 0 spiro atoms. The maximum absolute atomic E-state index is 14.2. The Kier molecular flexibility index (Phi) is 4.39. The summed E-state index contributed by atoms with van der Waals surface area (Å²) in [6.45, 7) is 0. The smallest absolute Gasteiger partial charge is 0.208 e. The molecule has 0 aliphatic heterocycles. The molecule has 1 heterocycles. The molecular formula is C21H12F3NO2S. The number of pyridine rings is 1. The molecule has 0 amide bonds. The Morgan fingerprint density at radius 1 is 0.786 bits per heavy atom. The minimum Gasteiger partial charge on any atom is -0.252 e. The summed E-state index contributed by atoms with van der Waals surface area (Å²) in [5.74, 6) is -1.93. The van der Waals surface area contributed by atoms with Crippen LogP contribution < -0.4 is 0 Å². The molecule has 7 heteroatoms. The summed E-state index contributed by atoms with van der Waals surface area (Å²) in [4.78, 5) is 3.42. The van der Waals surface area contributed by atoms with Crippen LogP contribution in [0.2, 0.25) is 0 Å². The van der Waals surface area contributed by atoms with Crippen LogP contribution in [-0.4, -0.2) is 13.4 Å². The summed E-state index contributed by atoms with van der Waals surface area (Å²) in [6, 6.07) is 14.0. The highest BCUT2D eigenvalue weighted by molar-refractivity contribution is 7.91. The van der Waals surface area contributed by atoms with Gasteiger partial charge in [-0.1, -0.05) is 30.3 Å². The van der Waals surface area contributed by atoms with Crippen LogP contribution in [0.15, 0.2) is 82.7 Å². The zero-order valence-corrected chi connectivity index (χ0v) is 15.1. The third-order valence-electron chi connectivity index (χ3n) is 4.32. The van der Waals surface area contributed by atoms with E-state index in [9.17, 15) is 21.6 Å². The molecule has 0 saturated heterocycles. The van der Waals surface area contributed by atoms with Gasteiger partial charge >= 0.3 is 0 Å². The van der Waals surface area contributed by atoms with Gasteiger partial charge in [0, 0.05) is 17.1 Å². The molecule has 0 N–H and O–H groups in total. The topological polar surface area (TPSA) is 47.0 Å². The third kappa shape index (κ3) is 3.03. The largest absolute Gasteiger partial charge is 0.252 e. The third-order valence-corrected chi connectivity index (χ3v) is 6.09. The first-order chi connectivity index (χ1) is 13.4. The molecule has 0 aliphatic carbocycles. The molecule has 0 aliphatic rings. The van der Waals surface area contributed by atoms with Crippen LogP contribution in [0.3, 0.4) is 0 Å². The number of sulfone groups is 1. The lowest BCUT2D eigenvalue weighted by molar-refractivity contribution is 0.590. The first-order valence-electron chi connectivity index (χ1n) is 8.22. The average molecular weight is 399 g/mol. The SMILES string of the molecule is O=S(=O)(c1cccc(F)c1)c1cnc2c(F)cccc2c1-c1cccc(F)c1. The average Bonchev–Trinajstić information content (AvgIpc) is 2.67. The Hall–Kier alpha value is -3.19. The lowest BCUT2D eigenvalue weighted by Gasteiger charge is -2.14. The number of benzene rings is 3. The van der Waals surface area contributed by atoms with Crippen LogP contribution in [-0.2, 0) is 9.84 Å². The highest BCUT2D eigenvalue weighted by atomic mass is 32.2. The Morgan fingerprint density at radius 2 is 1.46 bits per heavy atom. The van der Waals surface area contributed by atoms with Crippen LogP contribution in [0.1, 0.15) is 0 Å². The van der Waals surface area contributed by atoms with Crippen molar-refractivity contribution in [3.8, 4) is 11.1 Å². The Labute approximate surface area is 159 Å². The molecule has 3 aromatic carbocycles. The van der Waals surface area contributed by atoms with Crippen molar-refractivity contribution in [2.75, 3.05) is 0 Å². The van der Waals surface area contributed by atoms with Gasteiger partial charge in [0.05, 0.1) is 9.79 Å². The van der Waals surface area contributed by atoms with E-state index in [1.807, 2.05) is 0 Å². The minimum atomic E-state index is -4.20. The number of halogens is 3. The van der Waals surface area contributed by atoms with Crippen molar-refractivity contribution in [3.63, 3.8) is 0 Å². The molecule has 0 bridgehead atoms. The molecule has 0 fully saturated rings. The first-order valence-corrected chi connectivity index (χ1v) is 9.70. The number of hydrogen-bond donors (Lipinski definition) is 0. The summed E-state index contributed by atoms with van der Waals surface area (Å²) >= 11 is 0. The van der Waals surface area contributed by atoms with E-state index in [-0.39, 0.29) is 31.8 Å². The Bertz CT molecular complexity index is 1320. The number of hydrogen-bond acceptors (Lipinski definition) is 3. The van der Waals surface area contributed by atoms with Crippen LogP contribution in [0.5, 0.6) is 0 Å². The molecule has 0 saturated carbocycles. The van der Waals surface area contributed by atoms with Crippen LogP contribution in [0, 0.1) is 17.5 Å².